The molecule has 3 aliphatic rings. The molecule has 0 aromatic heterocycles. The van der Waals surface area contributed by atoms with Gasteiger partial charge in [0.2, 0.25) is 0 Å². The van der Waals surface area contributed by atoms with E-state index < -0.39 is 0 Å². The van der Waals surface area contributed by atoms with E-state index in [4.69, 9.17) is 11.6 Å². The van der Waals surface area contributed by atoms with Crippen molar-refractivity contribution in [2.75, 3.05) is 39.3 Å². The van der Waals surface area contributed by atoms with E-state index in [-0.39, 0.29) is 12.4 Å². The van der Waals surface area contributed by atoms with Gasteiger partial charge in [-0.25, -0.2) is 0 Å². The molecule has 1 aromatic carbocycles. The van der Waals surface area contributed by atoms with Gasteiger partial charge >= 0.3 is 0 Å². The molecule has 0 unspecified atom stereocenters. The summed E-state index contributed by atoms with van der Waals surface area (Å²) < 4.78 is 1.32. The summed E-state index contributed by atoms with van der Waals surface area (Å²) in [5.74, 6) is 0.624. The number of quaternary nitrogens is 2. The second-order valence-electron chi connectivity index (χ2n) is 5.62. The van der Waals surface area contributed by atoms with E-state index in [1.807, 2.05) is 4.90 Å². The average Bonchev–Trinajstić information content (AvgIpc) is 2.41. The zero-order valence-corrected chi connectivity index (χ0v) is 12.2. The Balaban J connectivity index is 0.00000120. The first kappa shape index (κ1) is 14.1. The van der Waals surface area contributed by atoms with Crippen molar-refractivity contribution < 1.29 is 21.8 Å². The SMILES string of the molecule is ClCc1ccc(C[N+]23CC[NH+](CC2)CC3)cc1.[Cl-]. The predicted octanol–water partition coefficient (Wildman–Crippen LogP) is -2.34. The van der Waals surface area contributed by atoms with Gasteiger partial charge in [0.15, 0.2) is 0 Å². The monoisotopic (exact) mass is 287 g/mol. The van der Waals surface area contributed by atoms with Crippen molar-refractivity contribution in [3.8, 4) is 0 Å². The molecule has 3 heterocycles. The molecule has 0 radical (unpaired) electrons. The van der Waals surface area contributed by atoms with Crippen molar-refractivity contribution >= 4 is 11.6 Å². The molecule has 4 heteroatoms. The molecule has 3 saturated heterocycles. The molecule has 3 fully saturated rings. The van der Waals surface area contributed by atoms with Gasteiger partial charge < -0.3 is 21.8 Å². The Hall–Kier alpha value is -0.280. The van der Waals surface area contributed by atoms with Crippen LogP contribution in [0.5, 0.6) is 0 Å². The molecule has 1 aromatic rings. The molecule has 4 rings (SSSR count). The van der Waals surface area contributed by atoms with Crippen molar-refractivity contribution in [2.24, 2.45) is 0 Å². The fraction of sp³-hybridized carbons (Fsp3) is 0.571. The molecule has 0 saturated carbocycles. The Labute approximate surface area is 121 Å². The van der Waals surface area contributed by atoms with Crippen LogP contribution in [0.3, 0.4) is 0 Å². The lowest BCUT2D eigenvalue weighted by molar-refractivity contribution is -1.08. The third kappa shape index (κ3) is 2.83. The van der Waals surface area contributed by atoms with Gasteiger partial charge in [-0.2, -0.15) is 0 Å². The molecule has 2 nitrogen and oxygen atoms in total. The van der Waals surface area contributed by atoms with E-state index in [2.05, 4.69) is 24.3 Å². The van der Waals surface area contributed by atoms with Crippen LogP contribution in [0.2, 0.25) is 0 Å². The maximum absolute atomic E-state index is 5.83. The van der Waals surface area contributed by atoms with E-state index in [0.29, 0.717) is 5.88 Å². The summed E-state index contributed by atoms with van der Waals surface area (Å²) >= 11 is 5.83. The number of rotatable bonds is 3. The first-order valence-electron chi connectivity index (χ1n) is 6.62. The lowest BCUT2D eigenvalue weighted by Crippen LogP contribution is -3.19. The molecule has 0 spiro atoms. The van der Waals surface area contributed by atoms with Gasteiger partial charge in [0, 0.05) is 11.4 Å². The number of halogens is 2. The highest BCUT2D eigenvalue weighted by Crippen LogP contribution is 2.17. The average molecular weight is 288 g/mol. The lowest BCUT2D eigenvalue weighted by atomic mass is 10.1. The number of nitrogens with one attached hydrogen (secondary N) is 1. The fourth-order valence-electron chi connectivity index (χ4n) is 3.25. The van der Waals surface area contributed by atoms with Crippen molar-refractivity contribution in [1.82, 2.24) is 0 Å². The fourth-order valence-corrected chi connectivity index (χ4v) is 3.43. The summed E-state index contributed by atoms with van der Waals surface area (Å²) in [4.78, 5) is 1.82. The number of hydrogen-bond donors (Lipinski definition) is 1. The van der Waals surface area contributed by atoms with Crippen molar-refractivity contribution in [2.45, 2.75) is 12.4 Å². The zero-order chi connectivity index (χ0) is 11.7. The van der Waals surface area contributed by atoms with E-state index in [0.717, 1.165) is 0 Å². The second kappa shape index (κ2) is 5.79. The van der Waals surface area contributed by atoms with Crippen molar-refractivity contribution in [1.29, 1.82) is 0 Å². The number of benzene rings is 1. The minimum atomic E-state index is 0. The summed E-state index contributed by atoms with van der Waals surface area (Å²) in [7, 11) is 0. The molecular formula is C14H21Cl2N2+. The van der Waals surface area contributed by atoms with Crippen molar-refractivity contribution in [3.63, 3.8) is 0 Å². The van der Waals surface area contributed by atoms with Crippen LogP contribution < -0.4 is 17.3 Å². The third-order valence-corrected chi connectivity index (χ3v) is 4.82. The Morgan fingerprint density at radius 3 is 1.94 bits per heavy atom. The summed E-state index contributed by atoms with van der Waals surface area (Å²) in [6, 6.07) is 8.87. The van der Waals surface area contributed by atoms with E-state index >= 15 is 0 Å². The minimum Gasteiger partial charge on any atom is -1.00 e. The van der Waals surface area contributed by atoms with Gasteiger partial charge in [0.1, 0.15) is 45.8 Å². The molecule has 0 amide bonds. The number of hydrogen-bond acceptors (Lipinski definition) is 0. The number of alkyl halides is 1. The largest absolute Gasteiger partial charge is 1.00 e. The Morgan fingerprint density at radius 2 is 1.44 bits per heavy atom. The van der Waals surface area contributed by atoms with Crippen molar-refractivity contribution in [3.05, 3.63) is 35.4 Å². The molecule has 100 valence electrons. The maximum atomic E-state index is 5.83. The first-order valence-corrected chi connectivity index (χ1v) is 7.16. The molecule has 0 aliphatic carbocycles. The standard InChI is InChI=1S/C14H20ClN2.ClH/c15-11-13-1-3-14(4-2-13)12-17-8-5-16(6-9-17)7-10-17;/h1-4H,5-12H2;1H/q+1;. The molecule has 2 bridgehead atoms. The number of fused-ring (bicyclic) bond motifs is 3. The van der Waals surface area contributed by atoms with Crippen LogP contribution >= 0.6 is 11.6 Å². The van der Waals surface area contributed by atoms with E-state index in [9.17, 15) is 0 Å². The van der Waals surface area contributed by atoms with Crippen LogP contribution in [-0.4, -0.2) is 43.8 Å². The van der Waals surface area contributed by atoms with E-state index in [1.165, 1.54) is 61.4 Å². The van der Waals surface area contributed by atoms with Crippen LogP contribution in [0.25, 0.3) is 0 Å². The Kier molecular flexibility index (Phi) is 4.54. The Bertz CT molecular complexity index is 370. The predicted molar refractivity (Wildman–Crippen MR) is 70.1 cm³/mol. The Morgan fingerprint density at radius 1 is 0.944 bits per heavy atom. The quantitative estimate of drug-likeness (QED) is 0.470. The highest BCUT2D eigenvalue weighted by Gasteiger charge is 2.41. The smallest absolute Gasteiger partial charge is 0.129 e. The van der Waals surface area contributed by atoms with Gasteiger partial charge in [0.25, 0.3) is 0 Å². The lowest BCUT2D eigenvalue weighted by Gasteiger charge is -2.48. The normalized spacial score (nSPS) is 29.9. The van der Waals surface area contributed by atoms with Crippen LogP contribution in [0, 0.1) is 0 Å². The van der Waals surface area contributed by atoms with Crippen LogP contribution in [0.15, 0.2) is 24.3 Å². The number of nitrogens with zero attached hydrogens (tertiary/aromatic N) is 1. The van der Waals surface area contributed by atoms with E-state index in [1.54, 1.807) is 0 Å². The summed E-state index contributed by atoms with van der Waals surface area (Å²) in [6.07, 6.45) is 0. The molecule has 0 atom stereocenters. The van der Waals surface area contributed by atoms with Crippen LogP contribution in [-0.2, 0) is 12.4 Å². The van der Waals surface area contributed by atoms with Crippen LogP contribution in [0.4, 0.5) is 0 Å². The third-order valence-electron chi connectivity index (χ3n) is 4.51. The molecule has 18 heavy (non-hydrogen) atoms. The highest BCUT2D eigenvalue weighted by atomic mass is 35.5. The summed E-state index contributed by atoms with van der Waals surface area (Å²) in [5, 5.41) is 0. The van der Waals surface area contributed by atoms with Gasteiger partial charge in [-0.15, -0.1) is 11.6 Å². The number of piperazine rings is 3. The van der Waals surface area contributed by atoms with Gasteiger partial charge in [-0.05, 0) is 5.56 Å². The van der Waals surface area contributed by atoms with Gasteiger partial charge in [-0.3, -0.25) is 0 Å². The first-order chi connectivity index (χ1) is 8.30. The highest BCUT2D eigenvalue weighted by molar-refractivity contribution is 6.17. The summed E-state index contributed by atoms with van der Waals surface area (Å²) in [6.45, 7) is 9.45. The molecule has 1 N–H and O–H groups in total. The zero-order valence-electron chi connectivity index (χ0n) is 10.7. The van der Waals surface area contributed by atoms with Crippen LogP contribution in [0.1, 0.15) is 11.1 Å². The molecular weight excluding hydrogens is 267 g/mol. The molecule has 3 aliphatic heterocycles. The topological polar surface area (TPSA) is 4.44 Å². The second-order valence-corrected chi connectivity index (χ2v) is 5.89. The van der Waals surface area contributed by atoms with Gasteiger partial charge in [0.05, 0.1) is 0 Å². The summed E-state index contributed by atoms with van der Waals surface area (Å²) in [5.41, 5.74) is 2.70. The maximum Gasteiger partial charge on any atom is 0.129 e. The van der Waals surface area contributed by atoms with Gasteiger partial charge in [-0.1, -0.05) is 24.3 Å². The minimum absolute atomic E-state index is 0.